The number of carbonyl (C=O) groups is 1. The molecular formula is C22H29NO9. The van der Waals surface area contributed by atoms with Gasteiger partial charge < -0.3 is 39.3 Å². The number of fused-ring (bicyclic) bond motifs is 1. The second kappa shape index (κ2) is 8.70. The molecule has 1 aliphatic heterocycles. The molecule has 176 valence electrons. The summed E-state index contributed by atoms with van der Waals surface area (Å²) in [5.74, 6) is -1.06. The second-order valence-electron chi connectivity index (χ2n) is 8.67. The monoisotopic (exact) mass is 451 g/mol. The van der Waals surface area contributed by atoms with Gasteiger partial charge in [-0.2, -0.15) is 0 Å². The van der Waals surface area contributed by atoms with E-state index in [9.17, 15) is 24.9 Å². The number of carbonyl (C=O) groups excluding carboxylic acids is 1. The van der Waals surface area contributed by atoms with E-state index in [0.717, 1.165) is 0 Å². The maximum Gasteiger partial charge on any atom is 0.364 e. The van der Waals surface area contributed by atoms with Crippen LogP contribution in [0.1, 0.15) is 33.3 Å². The summed E-state index contributed by atoms with van der Waals surface area (Å²) in [5.41, 5.74) is -1.82. The molecular weight excluding hydrogens is 422 g/mol. The molecule has 1 aliphatic rings. The van der Waals surface area contributed by atoms with E-state index < -0.39 is 53.4 Å². The van der Waals surface area contributed by atoms with Gasteiger partial charge in [0.15, 0.2) is 11.4 Å². The maximum absolute atomic E-state index is 12.4. The summed E-state index contributed by atoms with van der Waals surface area (Å²) in [7, 11) is 1.41. The normalized spacial score (nSPS) is 25.2. The van der Waals surface area contributed by atoms with Crippen molar-refractivity contribution in [3.05, 3.63) is 28.1 Å². The molecule has 10 heteroatoms. The van der Waals surface area contributed by atoms with E-state index >= 15 is 0 Å². The lowest BCUT2D eigenvalue weighted by Gasteiger charge is -2.46. The number of hydrogen-bond acceptors (Lipinski definition) is 9. The zero-order chi connectivity index (χ0) is 24.0. The predicted molar refractivity (Wildman–Crippen MR) is 115 cm³/mol. The largest absolute Gasteiger partial charge is 0.505 e. The fourth-order valence-electron chi connectivity index (χ4n) is 3.70. The van der Waals surface area contributed by atoms with Gasteiger partial charge in [0.2, 0.25) is 12.2 Å². The van der Waals surface area contributed by atoms with Crippen molar-refractivity contribution in [2.75, 3.05) is 12.4 Å². The van der Waals surface area contributed by atoms with Crippen molar-refractivity contribution in [1.82, 2.24) is 0 Å². The molecule has 3 rings (SSSR count). The van der Waals surface area contributed by atoms with Gasteiger partial charge >= 0.3 is 5.63 Å². The van der Waals surface area contributed by atoms with Crippen LogP contribution in [0.15, 0.2) is 21.3 Å². The van der Waals surface area contributed by atoms with Crippen LogP contribution in [0.5, 0.6) is 11.5 Å². The topological polar surface area (TPSA) is 148 Å². The number of hydrogen-bond donors (Lipinski definition) is 4. The fraction of sp³-hybridized carbons (Fsp3) is 0.545. The molecule has 1 amide bonds. The highest BCUT2D eigenvalue weighted by atomic mass is 16.7. The lowest BCUT2D eigenvalue weighted by molar-refractivity contribution is -0.306. The lowest BCUT2D eigenvalue weighted by atomic mass is 9.89. The molecule has 0 spiro atoms. The van der Waals surface area contributed by atoms with Crippen molar-refractivity contribution in [1.29, 1.82) is 0 Å². The third kappa shape index (κ3) is 4.18. The molecule has 0 bridgehead atoms. The summed E-state index contributed by atoms with van der Waals surface area (Å²) in [6.07, 6.45) is -4.67. The number of aromatic hydroxyl groups is 1. The van der Waals surface area contributed by atoms with Crippen molar-refractivity contribution < 1.29 is 38.7 Å². The van der Waals surface area contributed by atoms with Gasteiger partial charge in [-0.3, -0.25) is 4.79 Å². The van der Waals surface area contributed by atoms with Gasteiger partial charge in [-0.25, -0.2) is 4.79 Å². The van der Waals surface area contributed by atoms with Crippen LogP contribution in [-0.2, 0) is 14.3 Å². The minimum absolute atomic E-state index is 0.0485. The quantitative estimate of drug-likeness (QED) is 0.498. The molecule has 1 fully saturated rings. The summed E-state index contributed by atoms with van der Waals surface area (Å²) in [5, 5.41) is 34.0. The molecule has 0 aliphatic carbocycles. The highest BCUT2D eigenvalue weighted by Crippen LogP contribution is 2.37. The minimum Gasteiger partial charge on any atom is -0.505 e. The van der Waals surface area contributed by atoms with Crippen LogP contribution < -0.4 is 15.7 Å². The molecule has 2 aromatic rings. The van der Waals surface area contributed by atoms with E-state index in [4.69, 9.17) is 18.6 Å². The Bertz CT molecular complexity index is 1080. The molecule has 10 nitrogen and oxygen atoms in total. The third-order valence-electron chi connectivity index (χ3n) is 5.56. The Labute approximate surface area is 184 Å². The highest BCUT2D eigenvalue weighted by Gasteiger charge is 2.50. The first-order valence-electron chi connectivity index (χ1n) is 10.2. The van der Waals surface area contributed by atoms with Crippen LogP contribution in [0, 0.1) is 12.8 Å². The van der Waals surface area contributed by atoms with E-state index in [2.05, 4.69) is 5.32 Å². The van der Waals surface area contributed by atoms with E-state index in [0.29, 0.717) is 5.56 Å². The number of aliphatic hydroxyl groups excluding tert-OH is 2. The maximum atomic E-state index is 12.4. The van der Waals surface area contributed by atoms with Gasteiger partial charge in [0, 0.05) is 18.6 Å². The minimum atomic E-state index is -1.41. The summed E-state index contributed by atoms with van der Waals surface area (Å²) >= 11 is 0. The first kappa shape index (κ1) is 24.0. The van der Waals surface area contributed by atoms with Crippen LogP contribution in [-0.4, -0.2) is 58.5 Å². The molecule has 0 unspecified atom stereocenters. The number of benzene rings is 1. The van der Waals surface area contributed by atoms with E-state index in [-0.39, 0.29) is 22.4 Å². The average Bonchev–Trinajstić information content (AvgIpc) is 2.71. The zero-order valence-corrected chi connectivity index (χ0v) is 18.8. The third-order valence-corrected chi connectivity index (χ3v) is 5.56. The van der Waals surface area contributed by atoms with E-state index in [1.165, 1.54) is 19.2 Å². The first-order valence-corrected chi connectivity index (χ1v) is 10.2. The lowest BCUT2D eigenvalue weighted by Crippen LogP contribution is -2.63. The van der Waals surface area contributed by atoms with E-state index in [1.807, 2.05) is 0 Å². The Balaban J connectivity index is 1.97. The van der Waals surface area contributed by atoms with Crippen molar-refractivity contribution in [3.8, 4) is 11.5 Å². The molecule has 4 N–H and O–H groups in total. The van der Waals surface area contributed by atoms with Crippen molar-refractivity contribution in [3.63, 3.8) is 0 Å². The number of anilines is 1. The zero-order valence-electron chi connectivity index (χ0n) is 18.8. The average molecular weight is 451 g/mol. The molecule has 0 radical (unpaired) electrons. The molecule has 4 atom stereocenters. The highest BCUT2D eigenvalue weighted by molar-refractivity contribution is 5.98. The summed E-state index contributed by atoms with van der Waals surface area (Å²) in [6.45, 7) is 8.30. The Morgan fingerprint density at radius 2 is 1.88 bits per heavy atom. The molecule has 1 saturated heterocycles. The van der Waals surface area contributed by atoms with Crippen LogP contribution in [0.3, 0.4) is 0 Å². The number of ether oxygens (including phenoxy) is 3. The van der Waals surface area contributed by atoms with Crippen LogP contribution >= 0.6 is 0 Å². The number of nitrogens with one attached hydrogen (secondary N) is 1. The van der Waals surface area contributed by atoms with Crippen molar-refractivity contribution in [2.45, 2.75) is 64.8 Å². The Morgan fingerprint density at radius 3 is 2.47 bits per heavy atom. The van der Waals surface area contributed by atoms with Crippen LogP contribution in [0.2, 0.25) is 0 Å². The molecule has 32 heavy (non-hydrogen) atoms. The van der Waals surface area contributed by atoms with Crippen molar-refractivity contribution in [2.24, 2.45) is 5.92 Å². The molecule has 1 aromatic heterocycles. The van der Waals surface area contributed by atoms with E-state index in [1.54, 1.807) is 34.6 Å². The van der Waals surface area contributed by atoms with Crippen molar-refractivity contribution >= 4 is 22.6 Å². The van der Waals surface area contributed by atoms with Gasteiger partial charge in [-0.05, 0) is 32.9 Å². The first-order chi connectivity index (χ1) is 14.9. The number of aryl methyl sites for hydroxylation is 1. The standard InChI is InChI=1S/C22H29NO9/c1-9(2)19(27)23-13-14(24)11-7-8-12(10(3)17(11)31-20(13)28)30-21-16(26)15(25)18(29-6)22(4,5)32-21/h7-9,15-16,18,21,24-26H,1-6H3,(H,23,27)/t15-,16+,18+,21+/m0/s1. The van der Waals surface area contributed by atoms with Crippen LogP contribution in [0.4, 0.5) is 5.69 Å². The van der Waals surface area contributed by atoms with Gasteiger partial charge in [0.25, 0.3) is 0 Å². The Hall–Kier alpha value is -2.66. The Morgan fingerprint density at radius 1 is 1.22 bits per heavy atom. The van der Waals surface area contributed by atoms with Gasteiger partial charge in [0.05, 0.1) is 11.0 Å². The smallest absolute Gasteiger partial charge is 0.364 e. The van der Waals surface area contributed by atoms with Gasteiger partial charge in [0.1, 0.15) is 29.6 Å². The Kier molecular flexibility index (Phi) is 6.52. The molecule has 2 heterocycles. The summed E-state index contributed by atoms with van der Waals surface area (Å²) in [4.78, 5) is 24.4. The predicted octanol–water partition coefficient (Wildman–Crippen LogP) is 1.65. The SMILES string of the molecule is CO[C@@H]1[C@@H](O)[C@@H](O)[C@H](Oc2ccc3c(O)c(NC(=O)C(C)C)c(=O)oc3c2C)OC1(C)C. The molecule has 1 aromatic carbocycles. The second-order valence-corrected chi connectivity index (χ2v) is 8.67. The summed E-state index contributed by atoms with van der Waals surface area (Å²) in [6, 6.07) is 2.96. The fourth-order valence-corrected chi connectivity index (χ4v) is 3.70. The van der Waals surface area contributed by atoms with Crippen LogP contribution in [0.25, 0.3) is 11.0 Å². The number of aliphatic hydroxyl groups is 2. The van der Waals surface area contributed by atoms with Gasteiger partial charge in [-0.15, -0.1) is 0 Å². The van der Waals surface area contributed by atoms with Gasteiger partial charge in [-0.1, -0.05) is 13.8 Å². The number of rotatable bonds is 5. The molecule has 0 saturated carbocycles. The number of methoxy groups -OCH3 is 1. The number of amides is 1. The summed E-state index contributed by atoms with van der Waals surface area (Å²) < 4.78 is 22.2.